The topological polar surface area (TPSA) is 177 Å². The van der Waals surface area contributed by atoms with Gasteiger partial charge in [0.1, 0.15) is 22.8 Å². The first kappa shape index (κ1) is 33.1. The molecular weight excluding hydrogens is 599 g/mol. The molecule has 0 saturated heterocycles. The van der Waals surface area contributed by atoms with Crippen LogP contribution in [0.2, 0.25) is 0 Å². The maximum Gasteiger partial charge on any atom is 0.454 e. The molecule has 1 saturated carbocycles. The number of fused-ring (bicyclic) bond motifs is 3. The molecule has 0 aromatic heterocycles. The largest absolute Gasteiger partial charge is 0.508 e. The summed E-state index contributed by atoms with van der Waals surface area (Å²) in [6, 6.07) is 0.0267. The number of halogens is 5. The molecule has 4 atom stereocenters. The van der Waals surface area contributed by atoms with Crippen LogP contribution in [0.3, 0.4) is 0 Å². The number of likely N-dealkylation sites (N-methyl/N-ethyl adjacent to an activating group) is 1. The number of nitrogens with zero attached hydrogens (tertiary/aromatic N) is 2. The van der Waals surface area contributed by atoms with Crippen LogP contribution in [-0.4, -0.2) is 101 Å². The number of amides is 1. The average Bonchev–Trinajstić information content (AvgIpc) is 2.86. The SMILES string of the molecule is CN(C)c1cc(CNCC(F)(F)C(F)(F)F)c(O)c2c1C[C@H]1C[C@@]3(C)[C@H](N(C)C)C(=O)C(C(N)=O)=C(O)[C@@]3(O)C(=O)C1=C2O. The van der Waals surface area contributed by atoms with Crippen LogP contribution < -0.4 is 16.0 Å². The zero-order valence-corrected chi connectivity index (χ0v) is 24.4. The number of ketones is 2. The number of carbonyl (C=O) groups excluding carboxylic acids is 3. The number of nitrogens with one attached hydrogen (secondary N) is 1. The molecule has 242 valence electrons. The first-order valence-electron chi connectivity index (χ1n) is 13.4. The van der Waals surface area contributed by atoms with E-state index < -0.39 is 94.1 Å². The highest BCUT2D eigenvalue weighted by Crippen LogP contribution is 2.59. The van der Waals surface area contributed by atoms with E-state index in [9.17, 15) is 56.8 Å². The molecule has 1 aromatic rings. The van der Waals surface area contributed by atoms with Crippen molar-refractivity contribution in [2.75, 3.05) is 39.6 Å². The van der Waals surface area contributed by atoms with Crippen molar-refractivity contribution in [1.82, 2.24) is 10.2 Å². The molecule has 4 rings (SSSR count). The van der Waals surface area contributed by atoms with Gasteiger partial charge in [0.25, 0.3) is 5.91 Å². The number of alkyl halides is 5. The van der Waals surface area contributed by atoms with Crippen LogP contribution in [0.1, 0.15) is 30.0 Å². The second kappa shape index (κ2) is 10.4. The third-order valence-corrected chi connectivity index (χ3v) is 8.88. The van der Waals surface area contributed by atoms with Gasteiger partial charge in [0.2, 0.25) is 5.78 Å². The Morgan fingerprint density at radius 2 is 1.70 bits per heavy atom. The number of phenols is 1. The molecule has 16 heteroatoms. The van der Waals surface area contributed by atoms with Gasteiger partial charge in [-0.25, -0.2) is 0 Å². The van der Waals surface area contributed by atoms with Gasteiger partial charge in [-0.3, -0.25) is 19.3 Å². The zero-order chi connectivity index (χ0) is 33.5. The minimum Gasteiger partial charge on any atom is -0.508 e. The van der Waals surface area contributed by atoms with E-state index in [1.54, 1.807) is 19.0 Å². The van der Waals surface area contributed by atoms with Crippen LogP contribution in [0.25, 0.3) is 5.76 Å². The fourth-order valence-electron chi connectivity index (χ4n) is 6.91. The van der Waals surface area contributed by atoms with Crippen molar-refractivity contribution in [1.29, 1.82) is 0 Å². The number of carbonyl (C=O) groups is 3. The van der Waals surface area contributed by atoms with Gasteiger partial charge in [-0.1, -0.05) is 6.92 Å². The van der Waals surface area contributed by atoms with Crippen molar-refractivity contribution in [3.8, 4) is 5.75 Å². The van der Waals surface area contributed by atoms with E-state index in [1.807, 2.05) is 5.32 Å². The number of anilines is 1. The van der Waals surface area contributed by atoms with Crippen molar-refractivity contribution in [2.45, 2.75) is 50.1 Å². The molecule has 1 amide bonds. The molecule has 0 aliphatic heterocycles. The molecule has 1 aromatic carbocycles. The summed E-state index contributed by atoms with van der Waals surface area (Å²) < 4.78 is 64.9. The molecule has 0 bridgehead atoms. The van der Waals surface area contributed by atoms with Crippen LogP contribution in [0.4, 0.5) is 27.6 Å². The Morgan fingerprint density at radius 1 is 1.11 bits per heavy atom. The lowest BCUT2D eigenvalue weighted by Crippen LogP contribution is -2.71. The Morgan fingerprint density at radius 3 is 2.20 bits per heavy atom. The molecule has 11 nitrogen and oxygen atoms in total. The van der Waals surface area contributed by atoms with Crippen LogP contribution >= 0.6 is 0 Å². The summed E-state index contributed by atoms with van der Waals surface area (Å²) in [6.45, 7) is -1.10. The van der Waals surface area contributed by atoms with Gasteiger partial charge in [-0.15, -0.1) is 0 Å². The first-order valence-corrected chi connectivity index (χ1v) is 13.4. The number of aliphatic hydroxyl groups is 3. The number of phenolic OH excluding ortho intramolecular Hbond substituents is 1. The highest BCUT2D eigenvalue weighted by atomic mass is 19.4. The van der Waals surface area contributed by atoms with Crippen molar-refractivity contribution in [2.24, 2.45) is 17.1 Å². The molecule has 3 aliphatic rings. The quantitative estimate of drug-likeness (QED) is 0.192. The first-order chi connectivity index (χ1) is 20.0. The number of primary amides is 1. The number of hydrogen-bond donors (Lipinski definition) is 6. The molecule has 44 heavy (non-hydrogen) atoms. The normalized spacial score (nSPS) is 27.4. The van der Waals surface area contributed by atoms with E-state index in [0.717, 1.165) is 0 Å². The molecular formula is C28H33F5N4O7. The van der Waals surface area contributed by atoms with E-state index in [1.165, 1.54) is 32.0 Å². The Hall–Kier alpha value is -3.76. The maximum atomic E-state index is 14.1. The summed E-state index contributed by atoms with van der Waals surface area (Å²) in [5, 5.41) is 47.6. The van der Waals surface area contributed by atoms with Crippen LogP contribution in [-0.2, 0) is 27.3 Å². The Bertz CT molecular complexity index is 1520. The molecule has 0 unspecified atom stereocenters. The predicted octanol–water partition coefficient (Wildman–Crippen LogP) is 1.71. The van der Waals surface area contributed by atoms with Crippen molar-refractivity contribution in [3.05, 3.63) is 39.7 Å². The fraction of sp³-hybridized carbons (Fsp3) is 0.536. The van der Waals surface area contributed by atoms with Gasteiger partial charge < -0.3 is 36.4 Å². The number of aliphatic hydroxyl groups excluding tert-OH is 2. The minimum absolute atomic E-state index is 0.0471. The smallest absolute Gasteiger partial charge is 0.454 e. The highest BCUT2D eigenvalue weighted by molar-refractivity contribution is 6.25. The monoisotopic (exact) mass is 632 g/mol. The lowest BCUT2D eigenvalue weighted by atomic mass is 9.50. The summed E-state index contributed by atoms with van der Waals surface area (Å²) >= 11 is 0. The van der Waals surface area contributed by atoms with Gasteiger partial charge in [0.15, 0.2) is 11.4 Å². The lowest BCUT2D eigenvalue weighted by Gasteiger charge is -2.57. The molecule has 1 fully saturated rings. The number of benzene rings is 1. The number of nitrogens with two attached hydrogens (primary N) is 1. The molecule has 7 N–H and O–H groups in total. The predicted molar refractivity (Wildman–Crippen MR) is 146 cm³/mol. The van der Waals surface area contributed by atoms with Crippen molar-refractivity contribution in [3.63, 3.8) is 0 Å². The fourth-order valence-corrected chi connectivity index (χ4v) is 6.91. The van der Waals surface area contributed by atoms with E-state index in [-0.39, 0.29) is 24.0 Å². The summed E-state index contributed by atoms with van der Waals surface area (Å²) in [5.74, 6) is -12.3. The molecule has 3 aliphatic carbocycles. The standard InChI is InChI=1S/C28H33F5N4O7/c1-25-8-11-6-13-14(36(2)3)7-12(9-35-10-26(29,30)28(31,32)33)18(38)16(13)19(39)15(11)22(41)27(25,44)23(42)17(24(34)43)20(40)21(25)37(4)5/h7,11,21,35,38-39,42,44H,6,8-10H2,1-5H3,(H2,34,43)/t11-,21+,25-,27-/m0/s1. The third-order valence-electron chi connectivity index (χ3n) is 8.88. The molecule has 0 radical (unpaired) electrons. The minimum atomic E-state index is -5.82. The number of Topliss-reactive ketones (excluding diaryl/α,β-unsaturated/α-hetero) is 2. The second-order valence-electron chi connectivity index (χ2n) is 12.1. The van der Waals surface area contributed by atoms with Crippen LogP contribution in [0, 0.1) is 11.3 Å². The van der Waals surface area contributed by atoms with E-state index >= 15 is 0 Å². The van der Waals surface area contributed by atoms with Crippen molar-refractivity contribution < 1.29 is 56.8 Å². The van der Waals surface area contributed by atoms with Gasteiger partial charge in [-0.05, 0) is 44.5 Å². The summed E-state index contributed by atoms with van der Waals surface area (Å²) in [6.07, 6.45) is -6.04. The van der Waals surface area contributed by atoms with Gasteiger partial charge >= 0.3 is 12.1 Å². The Kier molecular flexibility index (Phi) is 7.84. The number of hydrogen-bond acceptors (Lipinski definition) is 10. The van der Waals surface area contributed by atoms with E-state index in [4.69, 9.17) is 5.73 Å². The maximum absolute atomic E-state index is 14.1. The van der Waals surface area contributed by atoms with Crippen LogP contribution in [0.5, 0.6) is 5.75 Å². The van der Waals surface area contributed by atoms with Crippen molar-refractivity contribution >= 4 is 28.9 Å². The third kappa shape index (κ3) is 4.53. The van der Waals surface area contributed by atoms with Crippen LogP contribution in [0.15, 0.2) is 23.0 Å². The lowest BCUT2D eigenvalue weighted by molar-refractivity contribution is -0.279. The molecule has 0 heterocycles. The summed E-state index contributed by atoms with van der Waals surface area (Å²) in [7, 11) is 6.11. The van der Waals surface area contributed by atoms with Gasteiger partial charge in [-0.2, -0.15) is 22.0 Å². The van der Waals surface area contributed by atoms with E-state index in [0.29, 0.717) is 11.3 Å². The average molecular weight is 633 g/mol. The zero-order valence-electron chi connectivity index (χ0n) is 24.4. The van der Waals surface area contributed by atoms with Gasteiger partial charge in [0.05, 0.1) is 18.2 Å². The Balaban J connectivity index is 1.90. The molecule has 0 spiro atoms. The van der Waals surface area contributed by atoms with Gasteiger partial charge in [0, 0.05) is 42.9 Å². The number of rotatable bonds is 7. The second-order valence-corrected chi connectivity index (χ2v) is 12.1. The highest BCUT2D eigenvalue weighted by Gasteiger charge is 2.70. The van der Waals surface area contributed by atoms with E-state index in [2.05, 4.69) is 0 Å². The summed E-state index contributed by atoms with van der Waals surface area (Å²) in [4.78, 5) is 42.6. The summed E-state index contributed by atoms with van der Waals surface area (Å²) in [5.41, 5.74) is -0.604. The Labute approximate surface area is 248 Å². The number of aromatic hydroxyl groups is 1.